The summed E-state index contributed by atoms with van der Waals surface area (Å²) in [4.78, 5) is 23.5. The molecule has 0 spiro atoms. The standard InChI is InChI=1S/C15H19Cl2NO3/c1-14(2,13(20)21)15(3,4)18-12(19)8-9-10(16)6-5-7-11(9)17/h5-7H,8H2,1-4H3,(H,18,19)(H,20,21). The highest BCUT2D eigenvalue weighted by Crippen LogP contribution is 2.31. The van der Waals surface area contributed by atoms with Gasteiger partial charge in [0, 0.05) is 15.6 Å². The highest BCUT2D eigenvalue weighted by atomic mass is 35.5. The van der Waals surface area contributed by atoms with Gasteiger partial charge < -0.3 is 10.4 Å². The Morgan fingerprint density at radius 1 is 1.14 bits per heavy atom. The molecule has 2 N–H and O–H groups in total. The van der Waals surface area contributed by atoms with E-state index in [0.29, 0.717) is 15.6 Å². The summed E-state index contributed by atoms with van der Waals surface area (Å²) in [5.74, 6) is -1.31. The number of hydrogen-bond donors (Lipinski definition) is 2. The van der Waals surface area contributed by atoms with Crippen LogP contribution in [0.15, 0.2) is 18.2 Å². The van der Waals surface area contributed by atoms with Crippen LogP contribution in [0.5, 0.6) is 0 Å². The average Bonchev–Trinajstić information content (AvgIpc) is 2.33. The number of carbonyl (C=O) groups is 2. The Labute approximate surface area is 134 Å². The molecule has 1 aromatic rings. The molecule has 0 fully saturated rings. The fraction of sp³-hybridized carbons (Fsp3) is 0.467. The van der Waals surface area contributed by atoms with Gasteiger partial charge in [-0.25, -0.2) is 0 Å². The molecular weight excluding hydrogens is 313 g/mol. The van der Waals surface area contributed by atoms with Crippen LogP contribution >= 0.6 is 23.2 Å². The van der Waals surface area contributed by atoms with Crippen LogP contribution in [0.2, 0.25) is 10.0 Å². The molecule has 116 valence electrons. The zero-order chi connectivity index (χ0) is 16.4. The summed E-state index contributed by atoms with van der Waals surface area (Å²) >= 11 is 12.1. The molecular formula is C15H19Cl2NO3. The number of carbonyl (C=O) groups excluding carboxylic acids is 1. The summed E-state index contributed by atoms with van der Waals surface area (Å²) in [7, 11) is 0. The van der Waals surface area contributed by atoms with E-state index in [2.05, 4.69) is 5.32 Å². The van der Waals surface area contributed by atoms with Crippen LogP contribution in [-0.4, -0.2) is 22.5 Å². The molecule has 4 nitrogen and oxygen atoms in total. The minimum absolute atomic E-state index is 0.00235. The second-order valence-corrected chi connectivity index (χ2v) is 6.79. The number of rotatable bonds is 5. The van der Waals surface area contributed by atoms with E-state index in [1.54, 1.807) is 45.9 Å². The van der Waals surface area contributed by atoms with Gasteiger partial charge in [-0.2, -0.15) is 0 Å². The van der Waals surface area contributed by atoms with Crippen molar-refractivity contribution in [2.24, 2.45) is 5.41 Å². The van der Waals surface area contributed by atoms with E-state index in [4.69, 9.17) is 23.2 Å². The van der Waals surface area contributed by atoms with E-state index in [1.807, 2.05) is 0 Å². The summed E-state index contributed by atoms with van der Waals surface area (Å²) in [5, 5.41) is 12.8. The predicted octanol–water partition coefficient (Wildman–Crippen LogP) is 3.54. The van der Waals surface area contributed by atoms with Gasteiger partial charge in [0.15, 0.2) is 0 Å². The molecule has 1 aromatic carbocycles. The second kappa shape index (κ2) is 6.24. The van der Waals surface area contributed by atoms with Gasteiger partial charge >= 0.3 is 5.97 Å². The van der Waals surface area contributed by atoms with Crippen molar-refractivity contribution >= 4 is 35.1 Å². The first-order chi connectivity index (χ1) is 9.49. The van der Waals surface area contributed by atoms with Crippen molar-refractivity contribution in [3.63, 3.8) is 0 Å². The van der Waals surface area contributed by atoms with Crippen molar-refractivity contribution in [2.45, 2.75) is 39.7 Å². The summed E-state index contributed by atoms with van der Waals surface area (Å²) in [6.07, 6.45) is -0.00235. The Bertz CT molecular complexity index is 548. The molecule has 0 aromatic heterocycles. The van der Waals surface area contributed by atoms with Gasteiger partial charge in [-0.1, -0.05) is 29.3 Å². The third kappa shape index (κ3) is 3.89. The smallest absolute Gasteiger partial charge is 0.311 e. The number of carboxylic acid groups (broad SMARTS) is 1. The zero-order valence-corrected chi connectivity index (χ0v) is 14.0. The molecule has 0 bridgehead atoms. The lowest BCUT2D eigenvalue weighted by Gasteiger charge is -2.38. The monoisotopic (exact) mass is 331 g/mol. The Balaban J connectivity index is 2.90. The molecule has 0 saturated heterocycles. The minimum Gasteiger partial charge on any atom is -0.481 e. The van der Waals surface area contributed by atoms with E-state index >= 15 is 0 Å². The lowest BCUT2D eigenvalue weighted by Crippen LogP contribution is -2.57. The van der Waals surface area contributed by atoms with Crippen LogP contribution in [0.3, 0.4) is 0 Å². The van der Waals surface area contributed by atoms with Crippen LogP contribution in [0.25, 0.3) is 0 Å². The summed E-state index contributed by atoms with van der Waals surface area (Å²) in [6.45, 7) is 6.48. The van der Waals surface area contributed by atoms with E-state index in [9.17, 15) is 14.7 Å². The summed E-state index contributed by atoms with van der Waals surface area (Å²) in [5.41, 5.74) is -1.52. The first kappa shape index (κ1) is 17.8. The van der Waals surface area contributed by atoms with Crippen LogP contribution in [0.1, 0.15) is 33.3 Å². The number of aliphatic carboxylic acids is 1. The highest BCUT2D eigenvalue weighted by Gasteiger charge is 2.44. The van der Waals surface area contributed by atoms with E-state index in [1.165, 1.54) is 0 Å². The highest BCUT2D eigenvalue weighted by molar-refractivity contribution is 6.36. The Hall–Kier alpha value is -1.26. The van der Waals surface area contributed by atoms with Gasteiger partial charge in [0.1, 0.15) is 0 Å². The fourth-order valence-corrected chi connectivity index (χ4v) is 2.21. The van der Waals surface area contributed by atoms with Crippen molar-refractivity contribution in [1.82, 2.24) is 5.32 Å². The number of nitrogens with one attached hydrogen (secondary N) is 1. The first-order valence-electron chi connectivity index (χ1n) is 6.46. The Morgan fingerprint density at radius 2 is 1.62 bits per heavy atom. The topological polar surface area (TPSA) is 66.4 Å². The fourth-order valence-electron chi connectivity index (χ4n) is 1.68. The van der Waals surface area contributed by atoms with E-state index in [-0.39, 0.29) is 12.3 Å². The van der Waals surface area contributed by atoms with Crippen LogP contribution in [-0.2, 0) is 16.0 Å². The largest absolute Gasteiger partial charge is 0.481 e. The molecule has 0 aliphatic heterocycles. The molecule has 6 heteroatoms. The molecule has 0 unspecified atom stereocenters. The maximum Gasteiger partial charge on any atom is 0.311 e. The third-order valence-electron chi connectivity index (χ3n) is 3.95. The zero-order valence-electron chi connectivity index (χ0n) is 12.5. The van der Waals surface area contributed by atoms with E-state index in [0.717, 1.165) is 0 Å². The molecule has 0 atom stereocenters. The normalized spacial score (nSPS) is 12.1. The van der Waals surface area contributed by atoms with Gasteiger partial charge in [0.2, 0.25) is 5.91 Å². The van der Waals surface area contributed by atoms with Crippen molar-refractivity contribution < 1.29 is 14.7 Å². The van der Waals surface area contributed by atoms with Crippen LogP contribution in [0, 0.1) is 5.41 Å². The quantitative estimate of drug-likeness (QED) is 0.867. The van der Waals surface area contributed by atoms with Crippen LogP contribution in [0.4, 0.5) is 0 Å². The Morgan fingerprint density at radius 3 is 2.05 bits per heavy atom. The van der Waals surface area contributed by atoms with Crippen molar-refractivity contribution in [3.8, 4) is 0 Å². The number of amides is 1. The molecule has 0 aliphatic rings. The molecule has 0 heterocycles. The number of benzene rings is 1. The maximum atomic E-state index is 12.2. The van der Waals surface area contributed by atoms with Gasteiger partial charge in [-0.3, -0.25) is 9.59 Å². The molecule has 0 aliphatic carbocycles. The summed E-state index contributed by atoms with van der Waals surface area (Å²) in [6, 6.07) is 5.01. The van der Waals surface area contributed by atoms with Crippen LogP contribution < -0.4 is 5.32 Å². The van der Waals surface area contributed by atoms with Crippen molar-refractivity contribution in [1.29, 1.82) is 0 Å². The molecule has 21 heavy (non-hydrogen) atoms. The lowest BCUT2D eigenvalue weighted by atomic mass is 9.74. The maximum absolute atomic E-state index is 12.2. The second-order valence-electron chi connectivity index (χ2n) is 5.98. The summed E-state index contributed by atoms with van der Waals surface area (Å²) < 4.78 is 0. The molecule has 1 rings (SSSR count). The van der Waals surface area contributed by atoms with Gasteiger partial charge in [0.05, 0.1) is 11.8 Å². The molecule has 1 amide bonds. The van der Waals surface area contributed by atoms with Crippen molar-refractivity contribution in [2.75, 3.05) is 0 Å². The first-order valence-corrected chi connectivity index (χ1v) is 7.22. The van der Waals surface area contributed by atoms with Gasteiger partial charge in [0.25, 0.3) is 0 Å². The molecule has 0 saturated carbocycles. The molecule has 0 radical (unpaired) electrons. The number of halogens is 2. The van der Waals surface area contributed by atoms with Crippen molar-refractivity contribution in [3.05, 3.63) is 33.8 Å². The van der Waals surface area contributed by atoms with Gasteiger partial charge in [-0.15, -0.1) is 0 Å². The third-order valence-corrected chi connectivity index (χ3v) is 4.66. The predicted molar refractivity (Wildman–Crippen MR) is 83.8 cm³/mol. The average molecular weight is 332 g/mol. The van der Waals surface area contributed by atoms with Gasteiger partial charge in [-0.05, 0) is 45.4 Å². The lowest BCUT2D eigenvalue weighted by molar-refractivity contribution is -0.151. The minimum atomic E-state index is -1.12. The SMILES string of the molecule is CC(C)(NC(=O)Cc1c(Cl)cccc1Cl)C(C)(C)C(=O)O. The number of carboxylic acids is 1. The Kier molecular flexibility index (Phi) is 5.29. The van der Waals surface area contributed by atoms with E-state index < -0.39 is 16.9 Å². The number of hydrogen-bond acceptors (Lipinski definition) is 2.